The molecule has 0 saturated carbocycles. The largest absolute Gasteiger partial charge is 0.133 e. The van der Waals surface area contributed by atoms with Crippen molar-refractivity contribution in [3.05, 3.63) is 113 Å². The average molecular weight is 450 g/mol. The van der Waals surface area contributed by atoms with Gasteiger partial charge in [-0.2, -0.15) is 0 Å². The van der Waals surface area contributed by atoms with Crippen LogP contribution in [-0.4, -0.2) is 8.80 Å². The van der Waals surface area contributed by atoms with E-state index in [-0.39, 0.29) is 0 Å². The van der Waals surface area contributed by atoms with Gasteiger partial charge in [0.25, 0.3) is 0 Å². The highest BCUT2D eigenvalue weighted by Crippen LogP contribution is 2.32. The molecule has 0 spiro atoms. The van der Waals surface area contributed by atoms with E-state index in [2.05, 4.69) is 101 Å². The summed E-state index contributed by atoms with van der Waals surface area (Å²) in [6.07, 6.45) is 0. The molecule has 0 aromatic heterocycles. The first kappa shape index (κ1) is 18.2. The number of rotatable bonds is 4. The van der Waals surface area contributed by atoms with E-state index in [0.29, 0.717) is 0 Å². The zero-order valence-corrected chi connectivity index (χ0v) is 18.1. The molecule has 0 radical (unpaired) electrons. The Morgan fingerprint density at radius 2 is 1.11 bits per heavy atom. The zero-order chi connectivity index (χ0) is 18.6. The minimum atomic E-state index is -1.56. The predicted octanol–water partition coefficient (Wildman–Crippen LogP) is 5.02. The standard InChI is InChI=1S/C24H18BrClSi/c25-23-14-8-7-13-21(23)22-16-15-20(17-24(22)26)27(18-9-3-1-4-10-18)19-11-5-2-6-12-19/h1-17,27H. The van der Waals surface area contributed by atoms with Crippen LogP contribution in [0.1, 0.15) is 0 Å². The lowest BCUT2D eigenvalue weighted by molar-refractivity contribution is 1.59. The summed E-state index contributed by atoms with van der Waals surface area (Å²) in [5, 5.41) is 4.92. The lowest BCUT2D eigenvalue weighted by Crippen LogP contribution is -2.51. The summed E-state index contributed by atoms with van der Waals surface area (Å²) < 4.78 is 1.06. The van der Waals surface area contributed by atoms with Gasteiger partial charge in [0.15, 0.2) is 0 Å². The molecule has 0 aliphatic heterocycles. The molecule has 0 N–H and O–H groups in total. The van der Waals surface area contributed by atoms with Crippen LogP contribution in [-0.2, 0) is 0 Å². The van der Waals surface area contributed by atoms with Crippen LogP contribution in [0.15, 0.2) is 108 Å². The van der Waals surface area contributed by atoms with Crippen LogP contribution < -0.4 is 15.6 Å². The van der Waals surface area contributed by atoms with Gasteiger partial charge in [-0.05, 0) is 17.7 Å². The normalized spacial score (nSPS) is 10.9. The van der Waals surface area contributed by atoms with Gasteiger partial charge in [-0.1, -0.05) is 134 Å². The number of halogens is 2. The van der Waals surface area contributed by atoms with Crippen molar-refractivity contribution in [2.75, 3.05) is 0 Å². The Morgan fingerprint density at radius 3 is 1.67 bits per heavy atom. The third-order valence-corrected chi connectivity index (χ3v) is 8.89. The van der Waals surface area contributed by atoms with Crippen LogP contribution in [0.2, 0.25) is 5.02 Å². The lowest BCUT2D eigenvalue weighted by atomic mass is 10.1. The van der Waals surface area contributed by atoms with Gasteiger partial charge in [-0.15, -0.1) is 0 Å². The Labute approximate surface area is 175 Å². The number of benzene rings is 4. The van der Waals surface area contributed by atoms with E-state index >= 15 is 0 Å². The molecule has 4 aromatic carbocycles. The van der Waals surface area contributed by atoms with Crippen LogP contribution in [0.3, 0.4) is 0 Å². The van der Waals surface area contributed by atoms with E-state index in [1.807, 2.05) is 18.2 Å². The van der Waals surface area contributed by atoms with Crippen molar-refractivity contribution >= 4 is 51.9 Å². The summed E-state index contributed by atoms with van der Waals surface area (Å²) >= 11 is 10.4. The molecule has 0 saturated heterocycles. The molecule has 0 aliphatic rings. The highest BCUT2D eigenvalue weighted by molar-refractivity contribution is 9.10. The predicted molar refractivity (Wildman–Crippen MR) is 124 cm³/mol. The second kappa shape index (κ2) is 8.26. The maximum absolute atomic E-state index is 6.76. The first-order valence-electron chi connectivity index (χ1n) is 8.88. The number of hydrogen-bond acceptors (Lipinski definition) is 0. The first-order chi connectivity index (χ1) is 13.2. The molecular formula is C24H18BrClSi. The molecule has 27 heavy (non-hydrogen) atoms. The van der Waals surface area contributed by atoms with Gasteiger partial charge in [0.1, 0.15) is 8.80 Å². The summed E-state index contributed by atoms with van der Waals surface area (Å²) in [4.78, 5) is 0. The fraction of sp³-hybridized carbons (Fsp3) is 0. The Balaban J connectivity index is 1.82. The first-order valence-corrected chi connectivity index (χ1v) is 11.8. The maximum Gasteiger partial charge on any atom is 0.133 e. The smallest absolute Gasteiger partial charge is 0.0837 e. The van der Waals surface area contributed by atoms with Crippen molar-refractivity contribution in [1.29, 1.82) is 0 Å². The molecule has 0 nitrogen and oxygen atoms in total. The minimum absolute atomic E-state index is 0.795. The summed E-state index contributed by atoms with van der Waals surface area (Å²) in [5.41, 5.74) is 2.17. The van der Waals surface area contributed by atoms with Gasteiger partial charge in [0.2, 0.25) is 0 Å². The van der Waals surface area contributed by atoms with E-state index in [4.69, 9.17) is 11.6 Å². The van der Waals surface area contributed by atoms with Gasteiger partial charge in [0, 0.05) is 15.1 Å². The second-order valence-corrected chi connectivity index (χ2v) is 10.6. The molecule has 4 aromatic rings. The van der Waals surface area contributed by atoms with E-state index in [9.17, 15) is 0 Å². The van der Waals surface area contributed by atoms with Crippen LogP contribution in [0.5, 0.6) is 0 Å². The van der Waals surface area contributed by atoms with Crippen LogP contribution >= 0.6 is 27.5 Å². The molecule has 0 amide bonds. The molecule has 0 fully saturated rings. The Bertz CT molecular complexity index is 1010. The van der Waals surface area contributed by atoms with Crippen LogP contribution in [0.25, 0.3) is 11.1 Å². The summed E-state index contributed by atoms with van der Waals surface area (Å²) in [6, 6.07) is 36.3. The minimum Gasteiger partial charge on any atom is -0.0837 e. The van der Waals surface area contributed by atoms with Crippen molar-refractivity contribution in [2.45, 2.75) is 0 Å². The Hall–Kier alpha value is -2.13. The van der Waals surface area contributed by atoms with Gasteiger partial charge < -0.3 is 0 Å². The molecule has 3 heteroatoms. The van der Waals surface area contributed by atoms with Crippen molar-refractivity contribution in [3.63, 3.8) is 0 Å². The van der Waals surface area contributed by atoms with Crippen molar-refractivity contribution in [1.82, 2.24) is 0 Å². The summed E-state index contributed by atoms with van der Waals surface area (Å²) in [6.45, 7) is 0. The van der Waals surface area contributed by atoms with E-state index in [1.54, 1.807) is 0 Å². The van der Waals surface area contributed by atoms with E-state index < -0.39 is 8.80 Å². The third kappa shape index (κ3) is 3.93. The Morgan fingerprint density at radius 1 is 0.556 bits per heavy atom. The fourth-order valence-electron chi connectivity index (χ4n) is 3.48. The highest BCUT2D eigenvalue weighted by atomic mass is 79.9. The van der Waals surface area contributed by atoms with Gasteiger partial charge >= 0.3 is 0 Å². The van der Waals surface area contributed by atoms with E-state index in [1.165, 1.54) is 15.6 Å². The molecule has 132 valence electrons. The molecule has 0 atom stereocenters. The SMILES string of the molecule is Clc1cc([SiH](c2ccccc2)c2ccccc2)ccc1-c1ccccc1Br. The van der Waals surface area contributed by atoms with Crippen molar-refractivity contribution in [2.24, 2.45) is 0 Å². The molecule has 0 bridgehead atoms. The second-order valence-electron chi connectivity index (χ2n) is 6.47. The molecule has 4 rings (SSSR count). The van der Waals surface area contributed by atoms with Crippen molar-refractivity contribution < 1.29 is 0 Å². The molecule has 0 aliphatic carbocycles. The maximum atomic E-state index is 6.76. The quantitative estimate of drug-likeness (QED) is 0.303. The summed E-state index contributed by atoms with van der Waals surface area (Å²) in [5.74, 6) is 0. The monoisotopic (exact) mass is 448 g/mol. The van der Waals surface area contributed by atoms with E-state index in [0.717, 1.165) is 20.6 Å². The third-order valence-electron chi connectivity index (χ3n) is 4.76. The van der Waals surface area contributed by atoms with Gasteiger partial charge in [-0.25, -0.2) is 0 Å². The molecular weight excluding hydrogens is 432 g/mol. The molecule has 0 heterocycles. The van der Waals surface area contributed by atoms with Gasteiger partial charge in [-0.3, -0.25) is 0 Å². The highest BCUT2D eigenvalue weighted by Gasteiger charge is 2.20. The molecule has 0 unspecified atom stereocenters. The topological polar surface area (TPSA) is 0 Å². The van der Waals surface area contributed by atoms with Gasteiger partial charge in [0.05, 0.1) is 0 Å². The van der Waals surface area contributed by atoms with Crippen molar-refractivity contribution in [3.8, 4) is 11.1 Å². The average Bonchev–Trinajstić information content (AvgIpc) is 2.71. The number of hydrogen-bond donors (Lipinski definition) is 0. The fourth-order valence-corrected chi connectivity index (χ4v) is 7.36. The Kier molecular flexibility index (Phi) is 5.58. The van der Waals surface area contributed by atoms with Crippen LogP contribution in [0.4, 0.5) is 0 Å². The van der Waals surface area contributed by atoms with Crippen LogP contribution in [0, 0.1) is 0 Å². The lowest BCUT2D eigenvalue weighted by Gasteiger charge is -2.18. The zero-order valence-electron chi connectivity index (χ0n) is 14.6. The summed E-state index contributed by atoms with van der Waals surface area (Å²) in [7, 11) is -1.56.